The summed E-state index contributed by atoms with van der Waals surface area (Å²) in [6.07, 6.45) is 2.23. The third-order valence-electron chi connectivity index (χ3n) is 2.25. The van der Waals surface area contributed by atoms with Crippen LogP contribution in [0.3, 0.4) is 0 Å². The summed E-state index contributed by atoms with van der Waals surface area (Å²) in [6, 6.07) is 3.35. The molecule has 1 aromatic carbocycles. The molecule has 0 aliphatic heterocycles. The first-order valence-electron chi connectivity index (χ1n) is 5.71. The molecule has 0 radical (unpaired) electrons. The molecule has 3 N–H and O–H groups in total. The van der Waals surface area contributed by atoms with Crippen molar-refractivity contribution >= 4 is 34.6 Å². The van der Waals surface area contributed by atoms with Gasteiger partial charge in [-0.25, -0.2) is 0 Å². The summed E-state index contributed by atoms with van der Waals surface area (Å²) in [5, 5.41) is 4.20. The van der Waals surface area contributed by atoms with E-state index in [0.29, 0.717) is 34.6 Å². The second-order valence-electron chi connectivity index (χ2n) is 3.75. The molecule has 0 spiro atoms. The Morgan fingerprint density at radius 2 is 1.88 bits per heavy atom. The summed E-state index contributed by atoms with van der Waals surface area (Å²) < 4.78 is 5.43. The molecule has 0 aromatic heterocycles. The molecule has 0 saturated carbocycles. The van der Waals surface area contributed by atoms with Crippen molar-refractivity contribution in [1.82, 2.24) is 0 Å². The van der Waals surface area contributed by atoms with Crippen molar-refractivity contribution in [3.05, 3.63) is 22.2 Å². The van der Waals surface area contributed by atoms with Gasteiger partial charge in [-0.1, -0.05) is 36.5 Å². The Morgan fingerprint density at radius 1 is 1.24 bits per heavy atom. The highest BCUT2D eigenvalue weighted by molar-refractivity contribution is 6.39. The number of nitrogen functional groups attached to an aromatic ring is 1. The molecule has 0 fully saturated rings. The van der Waals surface area contributed by atoms with E-state index in [2.05, 4.69) is 12.2 Å². The molecule has 3 nitrogen and oxygen atoms in total. The van der Waals surface area contributed by atoms with Gasteiger partial charge in [-0.3, -0.25) is 0 Å². The highest BCUT2D eigenvalue weighted by Gasteiger charge is 2.06. The first kappa shape index (κ1) is 14.4. The quantitative estimate of drug-likeness (QED) is 0.588. The first-order valence-corrected chi connectivity index (χ1v) is 6.47. The average molecular weight is 277 g/mol. The van der Waals surface area contributed by atoms with Crippen LogP contribution in [0.15, 0.2) is 12.1 Å². The lowest BCUT2D eigenvalue weighted by molar-refractivity contribution is 0.141. The zero-order valence-electron chi connectivity index (χ0n) is 9.93. The molecular formula is C12H18Cl2N2O. The fourth-order valence-electron chi connectivity index (χ4n) is 1.36. The van der Waals surface area contributed by atoms with Gasteiger partial charge < -0.3 is 15.8 Å². The van der Waals surface area contributed by atoms with Gasteiger partial charge in [0.05, 0.1) is 22.3 Å². The van der Waals surface area contributed by atoms with Gasteiger partial charge in [-0.05, 0) is 18.6 Å². The summed E-state index contributed by atoms with van der Waals surface area (Å²) in [7, 11) is 0. The van der Waals surface area contributed by atoms with Crippen molar-refractivity contribution in [2.24, 2.45) is 0 Å². The average Bonchev–Trinajstić information content (AvgIpc) is 2.26. The van der Waals surface area contributed by atoms with Crippen LogP contribution in [-0.2, 0) is 4.74 Å². The zero-order chi connectivity index (χ0) is 12.7. The predicted molar refractivity (Wildman–Crippen MR) is 75.1 cm³/mol. The Labute approximate surface area is 112 Å². The fourth-order valence-corrected chi connectivity index (χ4v) is 2.00. The highest BCUT2D eigenvalue weighted by Crippen LogP contribution is 2.32. The molecular weight excluding hydrogens is 259 g/mol. The van der Waals surface area contributed by atoms with Gasteiger partial charge in [-0.2, -0.15) is 0 Å². The number of ether oxygens (including phenoxy) is 1. The predicted octanol–water partition coefficient (Wildman–Crippen LogP) is 3.80. The number of halogens is 2. The molecule has 0 aliphatic carbocycles. The Morgan fingerprint density at radius 3 is 2.47 bits per heavy atom. The van der Waals surface area contributed by atoms with Crippen molar-refractivity contribution in [3.8, 4) is 0 Å². The van der Waals surface area contributed by atoms with Crippen LogP contribution >= 0.6 is 23.2 Å². The van der Waals surface area contributed by atoms with Crippen molar-refractivity contribution < 1.29 is 4.74 Å². The molecule has 96 valence electrons. The minimum atomic E-state index is 0.531. The number of rotatable bonds is 7. The van der Waals surface area contributed by atoms with Crippen LogP contribution < -0.4 is 11.1 Å². The number of hydrogen-bond donors (Lipinski definition) is 2. The van der Waals surface area contributed by atoms with Crippen molar-refractivity contribution in [1.29, 1.82) is 0 Å². The Balaban J connectivity index is 2.36. The molecule has 0 bridgehead atoms. The maximum atomic E-state index is 6.03. The molecule has 1 rings (SSSR count). The molecule has 1 aromatic rings. The van der Waals surface area contributed by atoms with Crippen LogP contribution in [0.4, 0.5) is 11.4 Å². The number of anilines is 2. The van der Waals surface area contributed by atoms with Crippen LogP contribution in [0.5, 0.6) is 0 Å². The van der Waals surface area contributed by atoms with E-state index in [9.17, 15) is 0 Å². The summed E-state index contributed by atoms with van der Waals surface area (Å²) in [5.74, 6) is 0. The standard InChI is InChI=1S/C12H18Cl2N2O/c1-2-3-5-17-6-4-16-12-10(13)7-9(15)8-11(12)14/h7-8,16H,2-6,15H2,1H3. The lowest BCUT2D eigenvalue weighted by Crippen LogP contribution is -2.10. The summed E-state index contributed by atoms with van der Waals surface area (Å²) in [6.45, 7) is 4.24. The van der Waals surface area contributed by atoms with E-state index in [1.54, 1.807) is 12.1 Å². The van der Waals surface area contributed by atoms with E-state index in [1.165, 1.54) is 0 Å². The van der Waals surface area contributed by atoms with Crippen molar-refractivity contribution in [2.45, 2.75) is 19.8 Å². The molecule has 0 aliphatic rings. The van der Waals surface area contributed by atoms with Crippen LogP contribution in [-0.4, -0.2) is 19.8 Å². The number of nitrogens with two attached hydrogens (primary N) is 1. The van der Waals surface area contributed by atoms with Gasteiger partial charge in [0.2, 0.25) is 0 Å². The van der Waals surface area contributed by atoms with Gasteiger partial charge in [-0.15, -0.1) is 0 Å². The number of benzene rings is 1. The molecule has 0 unspecified atom stereocenters. The minimum absolute atomic E-state index is 0.531. The number of nitrogens with one attached hydrogen (secondary N) is 1. The van der Waals surface area contributed by atoms with Crippen LogP contribution in [0.1, 0.15) is 19.8 Å². The van der Waals surface area contributed by atoms with Crippen molar-refractivity contribution in [2.75, 3.05) is 30.8 Å². The smallest absolute Gasteiger partial charge is 0.0721 e. The molecule has 17 heavy (non-hydrogen) atoms. The summed E-state index contributed by atoms with van der Waals surface area (Å²) >= 11 is 12.1. The van der Waals surface area contributed by atoms with E-state index in [4.69, 9.17) is 33.7 Å². The first-order chi connectivity index (χ1) is 8.15. The van der Waals surface area contributed by atoms with Gasteiger partial charge >= 0.3 is 0 Å². The van der Waals surface area contributed by atoms with E-state index >= 15 is 0 Å². The highest BCUT2D eigenvalue weighted by atomic mass is 35.5. The normalized spacial score (nSPS) is 10.5. The van der Waals surface area contributed by atoms with Crippen LogP contribution in [0.25, 0.3) is 0 Å². The van der Waals surface area contributed by atoms with Gasteiger partial charge in [0.15, 0.2) is 0 Å². The van der Waals surface area contributed by atoms with Crippen LogP contribution in [0.2, 0.25) is 10.0 Å². The third-order valence-corrected chi connectivity index (χ3v) is 2.85. The van der Waals surface area contributed by atoms with Crippen molar-refractivity contribution in [3.63, 3.8) is 0 Å². The molecule has 0 saturated heterocycles. The van der Waals surface area contributed by atoms with E-state index < -0.39 is 0 Å². The number of unbranched alkanes of at least 4 members (excludes halogenated alkanes) is 1. The van der Waals surface area contributed by atoms with Gasteiger partial charge in [0.25, 0.3) is 0 Å². The van der Waals surface area contributed by atoms with Gasteiger partial charge in [0, 0.05) is 18.8 Å². The molecule has 5 heteroatoms. The summed E-state index contributed by atoms with van der Waals surface area (Å²) in [4.78, 5) is 0. The second-order valence-corrected chi connectivity index (χ2v) is 4.57. The van der Waals surface area contributed by atoms with E-state index in [0.717, 1.165) is 19.4 Å². The van der Waals surface area contributed by atoms with E-state index in [-0.39, 0.29) is 0 Å². The number of hydrogen-bond acceptors (Lipinski definition) is 3. The SMILES string of the molecule is CCCCOCCNc1c(Cl)cc(N)cc1Cl. The Hall–Kier alpha value is -0.640. The largest absolute Gasteiger partial charge is 0.399 e. The maximum absolute atomic E-state index is 6.03. The fraction of sp³-hybridized carbons (Fsp3) is 0.500. The molecule has 0 amide bonds. The Bertz CT molecular complexity index is 335. The second kappa shape index (κ2) is 7.64. The monoisotopic (exact) mass is 276 g/mol. The van der Waals surface area contributed by atoms with E-state index in [1.807, 2.05) is 0 Å². The minimum Gasteiger partial charge on any atom is -0.399 e. The summed E-state index contributed by atoms with van der Waals surface area (Å²) in [5.41, 5.74) is 6.89. The maximum Gasteiger partial charge on any atom is 0.0721 e. The Kier molecular flexibility index (Phi) is 6.48. The lowest BCUT2D eigenvalue weighted by atomic mass is 10.3. The molecule has 0 atom stereocenters. The van der Waals surface area contributed by atoms with Crippen LogP contribution in [0, 0.1) is 0 Å². The topological polar surface area (TPSA) is 47.3 Å². The zero-order valence-corrected chi connectivity index (χ0v) is 11.4. The molecule has 0 heterocycles. The third kappa shape index (κ3) is 5.02. The van der Waals surface area contributed by atoms with Gasteiger partial charge in [0.1, 0.15) is 0 Å². The lowest BCUT2D eigenvalue weighted by Gasteiger charge is -2.11.